The molecule has 0 heterocycles. The number of nitrogens with zero attached hydrogens (tertiary/aromatic N) is 1. The highest BCUT2D eigenvalue weighted by Gasteiger charge is 2.41. The van der Waals surface area contributed by atoms with Crippen LogP contribution in [0.3, 0.4) is 0 Å². The summed E-state index contributed by atoms with van der Waals surface area (Å²) in [6.07, 6.45) is 5.76. The van der Waals surface area contributed by atoms with Crippen molar-refractivity contribution in [3.63, 3.8) is 0 Å². The first-order valence-electron chi connectivity index (χ1n) is 9.32. The molecule has 2 aliphatic rings. The van der Waals surface area contributed by atoms with Gasteiger partial charge in [-0.15, -0.1) is 0 Å². The molecule has 2 fully saturated rings. The first-order chi connectivity index (χ1) is 12.3. The molecule has 6 nitrogen and oxygen atoms in total. The summed E-state index contributed by atoms with van der Waals surface area (Å²) in [7, 11) is -3.60. The fraction of sp³-hybridized carbons (Fsp3) is 0.632. The van der Waals surface area contributed by atoms with Crippen molar-refractivity contribution in [1.29, 1.82) is 0 Å². The molecular weight excluding hydrogens is 352 g/mol. The van der Waals surface area contributed by atoms with Crippen LogP contribution in [0.5, 0.6) is 5.75 Å². The Labute approximate surface area is 156 Å². The molecular formula is C19H28N2O4S. The molecule has 1 amide bonds. The average Bonchev–Trinajstić information content (AvgIpc) is 3.18. The molecule has 1 aromatic carbocycles. The quantitative estimate of drug-likeness (QED) is 0.789. The minimum absolute atomic E-state index is 0.186. The van der Waals surface area contributed by atoms with Crippen molar-refractivity contribution in [3.05, 3.63) is 24.3 Å². The molecule has 0 spiro atoms. The van der Waals surface area contributed by atoms with E-state index in [0.717, 1.165) is 18.6 Å². The van der Waals surface area contributed by atoms with Crippen molar-refractivity contribution in [1.82, 2.24) is 5.32 Å². The Bertz CT molecular complexity index is 747. The van der Waals surface area contributed by atoms with E-state index in [2.05, 4.69) is 5.32 Å². The summed E-state index contributed by atoms with van der Waals surface area (Å²) in [6.45, 7) is 4.07. The predicted molar refractivity (Wildman–Crippen MR) is 102 cm³/mol. The van der Waals surface area contributed by atoms with Crippen LogP contribution in [0.2, 0.25) is 0 Å². The van der Waals surface area contributed by atoms with Gasteiger partial charge in [0.1, 0.15) is 11.8 Å². The Kier molecular flexibility index (Phi) is 5.46. The maximum Gasteiger partial charge on any atom is 0.243 e. The predicted octanol–water partition coefficient (Wildman–Crippen LogP) is 2.54. The molecule has 1 aromatic rings. The van der Waals surface area contributed by atoms with E-state index < -0.39 is 16.1 Å². The van der Waals surface area contributed by atoms with Gasteiger partial charge in [0.25, 0.3) is 0 Å². The van der Waals surface area contributed by atoms with Gasteiger partial charge in [-0.3, -0.25) is 9.10 Å². The van der Waals surface area contributed by atoms with Crippen LogP contribution in [0, 0.1) is 11.8 Å². The molecule has 3 rings (SSSR count). The van der Waals surface area contributed by atoms with Crippen LogP contribution in [0.25, 0.3) is 0 Å². The molecule has 26 heavy (non-hydrogen) atoms. The number of nitrogens with one attached hydrogen (secondary N) is 1. The van der Waals surface area contributed by atoms with E-state index in [1.807, 2.05) is 6.92 Å². The van der Waals surface area contributed by atoms with Gasteiger partial charge in [-0.25, -0.2) is 8.42 Å². The Morgan fingerprint density at radius 1 is 1.27 bits per heavy atom. The number of ether oxygens (including phenoxy) is 1. The summed E-state index contributed by atoms with van der Waals surface area (Å²) in [6, 6.07) is 6.17. The first-order valence-corrected chi connectivity index (χ1v) is 11.2. The monoisotopic (exact) mass is 380 g/mol. The van der Waals surface area contributed by atoms with E-state index in [-0.39, 0.29) is 11.9 Å². The van der Waals surface area contributed by atoms with Gasteiger partial charge in [0.2, 0.25) is 15.9 Å². The third-order valence-corrected chi connectivity index (χ3v) is 6.80. The van der Waals surface area contributed by atoms with Crippen molar-refractivity contribution in [3.8, 4) is 5.75 Å². The fourth-order valence-corrected chi connectivity index (χ4v) is 5.56. The summed E-state index contributed by atoms with van der Waals surface area (Å²) in [5, 5.41) is 3.09. The van der Waals surface area contributed by atoms with E-state index in [1.165, 1.54) is 23.6 Å². The normalized spacial score (nSPS) is 25.7. The standard InChI is InChI=1S/C19H28N2O4S/c1-4-25-17-9-7-16(8-10-17)21(26(3,23)24)13(2)19(22)20-18-12-14-5-6-15(18)11-14/h7-10,13-15,18H,4-6,11-12H2,1-3H3,(H,20,22)/t13-,14+,15-,18-/m1/s1. The Morgan fingerprint density at radius 3 is 2.46 bits per heavy atom. The average molecular weight is 381 g/mol. The van der Waals surface area contributed by atoms with Gasteiger partial charge in [0, 0.05) is 6.04 Å². The number of amides is 1. The van der Waals surface area contributed by atoms with Gasteiger partial charge < -0.3 is 10.1 Å². The molecule has 2 saturated carbocycles. The van der Waals surface area contributed by atoms with Crippen LogP contribution in [0.15, 0.2) is 24.3 Å². The van der Waals surface area contributed by atoms with Crippen molar-refractivity contribution >= 4 is 21.6 Å². The van der Waals surface area contributed by atoms with Crippen LogP contribution in [-0.4, -0.2) is 39.3 Å². The number of carbonyl (C=O) groups is 1. The SMILES string of the molecule is CCOc1ccc(N([C@H](C)C(=O)N[C@@H]2C[C@H]3CC[C@@H]2C3)S(C)(=O)=O)cc1. The Morgan fingerprint density at radius 2 is 1.96 bits per heavy atom. The lowest BCUT2D eigenvalue weighted by molar-refractivity contribution is -0.122. The first kappa shape index (κ1) is 19.0. The number of hydrogen-bond donors (Lipinski definition) is 1. The number of sulfonamides is 1. The van der Waals surface area contributed by atoms with Crippen molar-refractivity contribution < 1.29 is 17.9 Å². The summed E-state index contributed by atoms with van der Waals surface area (Å²) in [5.41, 5.74) is 0.464. The van der Waals surface area contributed by atoms with Gasteiger partial charge in [-0.2, -0.15) is 0 Å². The zero-order valence-corrected chi connectivity index (χ0v) is 16.5. The number of hydrogen-bond acceptors (Lipinski definition) is 4. The lowest BCUT2D eigenvalue weighted by Crippen LogP contribution is -2.51. The highest BCUT2D eigenvalue weighted by molar-refractivity contribution is 7.92. The lowest BCUT2D eigenvalue weighted by Gasteiger charge is -2.31. The zero-order chi connectivity index (χ0) is 18.9. The molecule has 0 aromatic heterocycles. The molecule has 1 N–H and O–H groups in total. The number of carbonyl (C=O) groups excluding carboxylic acids is 1. The highest BCUT2D eigenvalue weighted by atomic mass is 32.2. The molecule has 0 radical (unpaired) electrons. The molecule has 0 saturated heterocycles. The van der Waals surface area contributed by atoms with Crippen LogP contribution in [-0.2, 0) is 14.8 Å². The number of rotatable bonds is 7. The second-order valence-electron chi connectivity index (χ2n) is 7.45. The van der Waals surface area contributed by atoms with Gasteiger partial charge >= 0.3 is 0 Å². The van der Waals surface area contributed by atoms with Crippen LogP contribution >= 0.6 is 0 Å². The molecule has 7 heteroatoms. The van der Waals surface area contributed by atoms with Gasteiger partial charge in [0.15, 0.2) is 0 Å². The maximum atomic E-state index is 12.8. The number of fused-ring (bicyclic) bond motifs is 2. The highest BCUT2D eigenvalue weighted by Crippen LogP contribution is 2.44. The largest absolute Gasteiger partial charge is 0.494 e. The third kappa shape index (κ3) is 3.98. The Balaban J connectivity index is 1.75. The lowest BCUT2D eigenvalue weighted by atomic mass is 9.95. The second-order valence-corrected chi connectivity index (χ2v) is 9.31. The molecule has 2 bridgehead atoms. The maximum absolute atomic E-state index is 12.8. The summed E-state index contributed by atoms with van der Waals surface area (Å²) in [4.78, 5) is 12.8. The smallest absolute Gasteiger partial charge is 0.243 e. The summed E-state index contributed by atoms with van der Waals surface area (Å²) in [5.74, 6) is 1.71. The van der Waals surface area contributed by atoms with Crippen LogP contribution in [0.4, 0.5) is 5.69 Å². The number of benzene rings is 1. The number of anilines is 1. The van der Waals surface area contributed by atoms with E-state index in [1.54, 1.807) is 31.2 Å². The topological polar surface area (TPSA) is 75.7 Å². The fourth-order valence-electron chi connectivity index (χ4n) is 4.39. The van der Waals surface area contributed by atoms with E-state index in [9.17, 15) is 13.2 Å². The molecule has 0 unspecified atom stereocenters. The third-order valence-electron chi connectivity index (χ3n) is 5.56. The molecule has 144 valence electrons. The van der Waals surface area contributed by atoms with E-state index >= 15 is 0 Å². The Hall–Kier alpha value is -1.76. The zero-order valence-electron chi connectivity index (χ0n) is 15.6. The van der Waals surface area contributed by atoms with Gasteiger partial charge in [-0.1, -0.05) is 6.42 Å². The van der Waals surface area contributed by atoms with Crippen molar-refractivity contribution in [2.45, 2.75) is 51.6 Å². The molecule has 0 aliphatic heterocycles. The van der Waals surface area contributed by atoms with Crippen LogP contribution in [0.1, 0.15) is 39.5 Å². The van der Waals surface area contributed by atoms with E-state index in [0.29, 0.717) is 24.0 Å². The minimum atomic E-state index is -3.60. The molecule has 4 atom stereocenters. The molecule has 2 aliphatic carbocycles. The van der Waals surface area contributed by atoms with Crippen LogP contribution < -0.4 is 14.4 Å². The van der Waals surface area contributed by atoms with Gasteiger partial charge in [0.05, 0.1) is 18.6 Å². The van der Waals surface area contributed by atoms with E-state index in [4.69, 9.17) is 4.74 Å². The summed E-state index contributed by atoms with van der Waals surface area (Å²) < 4.78 is 31.3. The minimum Gasteiger partial charge on any atom is -0.494 e. The van der Waals surface area contributed by atoms with Crippen molar-refractivity contribution in [2.24, 2.45) is 11.8 Å². The summed E-state index contributed by atoms with van der Waals surface area (Å²) >= 11 is 0. The van der Waals surface area contributed by atoms with Gasteiger partial charge in [-0.05, 0) is 69.2 Å². The second kappa shape index (κ2) is 7.47. The van der Waals surface area contributed by atoms with Crippen molar-refractivity contribution in [2.75, 3.05) is 17.2 Å².